The van der Waals surface area contributed by atoms with Gasteiger partial charge in [0.2, 0.25) is 0 Å². The molecule has 5 rings (SSSR count). The van der Waals surface area contributed by atoms with Gasteiger partial charge in [0.1, 0.15) is 11.7 Å². The highest BCUT2D eigenvalue weighted by Crippen LogP contribution is 2.60. The molecule has 8 nitrogen and oxygen atoms in total. The molecule has 0 spiro atoms. The number of fused-ring (bicyclic) bond motifs is 1. The van der Waals surface area contributed by atoms with E-state index in [1.54, 1.807) is 5.06 Å². The molecule has 0 N–H and O–H groups in total. The lowest BCUT2D eigenvalue weighted by atomic mass is 9.74. The fourth-order valence-electron chi connectivity index (χ4n) is 5.65. The van der Waals surface area contributed by atoms with Crippen LogP contribution in [0.5, 0.6) is 0 Å². The van der Waals surface area contributed by atoms with Crippen LogP contribution in [0.2, 0.25) is 0 Å². The third-order valence-electron chi connectivity index (χ3n) is 7.36. The lowest BCUT2D eigenvalue weighted by Gasteiger charge is -2.35. The van der Waals surface area contributed by atoms with E-state index >= 15 is 0 Å². The van der Waals surface area contributed by atoms with Gasteiger partial charge >= 0.3 is 17.7 Å². The van der Waals surface area contributed by atoms with E-state index < -0.39 is 35.3 Å². The minimum Gasteiger partial charge on any atom is -0.469 e. The highest BCUT2D eigenvalue weighted by Gasteiger charge is 2.76. The van der Waals surface area contributed by atoms with Gasteiger partial charge in [-0.05, 0) is 30.2 Å². The molecule has 0 aliphatic carbocycles. The maximum absolute atomic E-state index is 13.6. The Morgan fingerprint density at radius 1 is 0.865 bits per heavy atom. The number of aryl methyl sites for hydroxylation is 1. The van der Waals surface area contributed by atoms with Crippen molar-refractivity contribution in [1.29, 1.82) is 0 Å². The first-order chi connectivity index (χ1) is 17.9. The van der Waals surface area contributed by atoms with Crippen LogP contribution < -0.4 is 4.90 Å². The van der Waals surface area contributed by atoms with Gasteiger partial charge in [-0.15, -0.1) is 5.06 Å². The third-order valence-corrected chi connectivity index (χ3v) is 7.36. The van der Waals surface area contributed by atoms with Crippen LogP contribution in [0, 0.1) is 12.8 Å². The van der Waals surface area contributed by atoms with Crippen LogP contribution >= 0.6 is 0 Å². The predicted molar refractivity (Wildman–Crippen MR) is 136 cm³/mol. The number of hydroxylamine groups is 2. The summed E-state index contributed by atoms with van der Waals surface area (Å²) in [6.07, 6.45) is -0.502. The molecule has 0 radical (unpaired) electrons. The van der Waals surface area contributed by atoms with Crippen molar-refractivity contribution in [3.8, 4) is 0 Å². The Bertz CT molecular complexity index is 1270. The van der Waals surface area contributed by atoms with Gasteiger partial charge in [0.15, 0.2) is 5.92 Å². The average Bonchev–Trinajstić information content (AvgIpc) is 3.43. The van der Waals surface area contributed by atoms with Crippen molar-refractivity contribution in [2.45, 2.75) is 24.4 Å². The molecule has 2 aliphatic heterocycles. The minimum absolute atomic E-state index is 0.307. The van der Waals surface area contributed by atoms with Gasteiger partial charge in [0.25, 0.3) is 0 Å². The molecule has 0 amide bonds. The van der Waals surface area contributed by atoms with E-state index in [0.29, 0.717) is 6.54 Å². The molecule has 2 heterocycles. The standard InChI is InChI=1S/C29H30N2O6/c1-20-15-17-23(18-16-20)30-19-28(22-13-9-6-10-14-22)24(26(32)34-2)29(36-4,27(33)35-3)37-31(28)25(30)21-11-7-5-8-12-21/h5-18,24-25H,19H2,1-4H3/t24-,25-,28-,29+/m0/s1. The zero-order valence-electron chi connectivity index (χ0n) is 21.3. The fourth-order valence-corrected chi connectivity index (χ4v) is 5.65. The lowest BCUT2D eigenvalue weighted by molar-refractivity contribution is -0.309. The van der Waals surface area contributed by atoms with Crippen molar-refractivity contribution < 1.29 is 28.6 Å². The zero-order chi connectivity index (χ0) is 26.2. The quantitative estimate of drug-likeness (QED) is 0.469. The van der Waals surface area contributed by atoms with Gasteiger partial charge in [-0.1, -0.05) is 78.4 Å². The molecule has 2 fully saturated rings. The molecule has 0 saturated carbocycles. The summed E-state index contributed by atoms with van der Waals surface area (Å²) in [5, 5.41) is 1.72. The van der Waals surface area contributed by atoms with E-state index in [1.165, 1.54) is 21.3 Å². The van der Waals surface area contributed by atoms with Crippen molar-refractivity contribution in [3.05, 3.63) is 102 Å². The Kier molecular flexibility index (Phi) is 6.49. The van der Waals surface area contributed by atoms with Crippen molar-refractivity contribution in [2.24, 2.45) is 5.92 Å². The Morgan fingerprint density at radius 3 is 2.05 bits per heavy atom. The Morgan fingerprint density at radius 2 is 1.49 bits per heavy atom. The molecule has 3 aromatic rings. The summed E-state index contributed by atoms with van der Waals surface area (Å²) in [4.78, 5) is 35.6. The largest absolute Gasteiger partial charge is 0.469 e. The summed E-state index contributed by atoms with van der Waals surface area (Å²) < 4.78 is 16.2. The summed E-state index contributed by atoms with van der Waals surface area (Å²) in [6, 6.07) is 27.5. The molecular weight excluding hydrogens is 472 g/mol. The van der Waals surface area contributed by atoms with Gasteiger partial charge in [0, 0.05) is 19.3 Å². The van der Waals surface area contributed by atoms with Crippen molar-refractivity contribution in [2.75, 3.05) is 32.8 Å². The number of rotatable bonds is 6. The number of nitrogens with zero attached hydrogens (tertiary/aromatic N) is 2. The lowest BCUT2D eigenvalue weighted by Crippen LogP contribution is -2.56. The van der Waals surface area contributed by atoms with Crippen LogP contribution in [-0.4, -0.2) is 50.7 Å². The topological polar surface area (TPSA) is 77.5 Å². The number of carbonyl (C=O) groups is 2. The van der Waals surface area contributed by atoms with Gasteiger partial charge in [-0.3, -0.25) is 4.79 Å². The summed E-state index contributed by atoms with van der Waals surface area (Å²) in [6.45, 7) is 2.34. The van der Waals surface area contributed by atoms with E-state index in [0.717, 1.165) is 22.4 Å². The Hall–Kier alpha value is -3.72. The summed E-state index contributed by atoms with van der Waals surface area (Å²) in [5.74, 6) is -4.71. The molecule has 0 unspecified atom stereocenters. The second-order valence-electron chi connectivity index (χ2n) is 9.27. The second kappa shape index (κ2) is 9.63. The van der Waals surface area contributed by atoms with Gasteiger partial charge in [-0.25, -0.2) is 9.63 Å². The van der Waals surface area contributed by atoms with E-state index in [-0.39, 0.29) is 0 Å². The van der Waals surface area contributed by atoms with Crippen LogP contribution in [0.15, 0.2) is 84.9 Å². The van der Waals surface area contributed by atoms with Gasteiger partial charge in [-0.2, -0.15) is 0 Å². The van der Waals surface area contributed by atoms with Crippen LogP contribution in [0.1, 0.15) is 22.9 Å². The third kappa shape index (κ3) is 3.71. The van der Waals surface area contributed by atoms with Crippen molar-refractivity contribution in [3.63, 3.8) is 0 Å². The van der Waals surface area contributed by atoms with Crippen molar-refractivity contribution in [1.82, 2.24) is 5.06 Å². The molecule has 3 aromatic carbocycles. The first kappa shape index (κ1) is 25.0. The van der Waals surface area contributed by atoms with E-state index in [1.807, 2.05) is 91.9 Å². The van der Waals surface area contributed by atoms with E-state index in [2.05, 4.69) is 4.90 Å². The number of methoxy groups -OCH3 is 3. The van der Waals surface area contributed by atoms with Crippen molar-refractivity contribution >= 4 is 17.6 Å². The maximum Gasteiger partial charge on any atom is 0.369 e. The first-order valence-electron chi connectivity index (χ1n) is 12.1. The highest BCUT2D eigenvalue weighted by atomic mass is 16.8. The fraction of sp³-hybridized carbons (Fsp3) is 0.310. The number of benzene rings is 3. The minimum atomic E-state index is -2.05. The molecule has 8 heteroatoms. The molecule has 4 atom stereocenters. The molecule has 0 bridgehead atoms. The van der Waals surface area contributed by atoms with E-state index in [9.17, 15) is 9.59 Å². The smallest absolute Gasteiger partial charge is 0.369 e. The molecule has 37 heavy (non-hydrogen) atoms. The number of ether oxygens (including phenoxy) is 3. The maximum atomic E-state index is 13.6. The van der Waals surface area contributed by atoms with Crippen LogP contribution in [0.4, 0.5) is 5.69 Å². The number of anilines is 1. The molecule has 2 saturated heterocycles. The van der Waals surface area contributed by atoms with Crippen LogP contribution in [0.3, 0.4) is 0 Å². The Balaban J connectivity index is 1.81. The monoisotopic (exact) mass is 502 g/mol. The molecular formula is C29H30N2O6. The number of esters is 2. The molecule has 2 aliphatic rings. The number of carbonyl (C=O) groups excluding carboxylic acids is 2. The first-order valence-corrected chi connectivity index (χ1v) is 12.1. The normalized spacial score (nSPS) is 27.1. The SMILES string of the molecule is COC(=O)[C@@H]1[C@](OC)(C(=O)OC)ON2[C@@H](c3ccccc3)N(c3ccc(C)cc3)C[C@]12c1ccccc1. The summed E-state index contributed by atoms with van der Waals surface area (Å²) in [5.41, 5.74) is 2.61. The van der Waals surface area contributed by atoms with Crippen LogP contribution in [0.25, 0.3) is 0 Å². The van der Waals surface area contributed by atoms with Crippen LogP contribution in [-0.2, 0) is 34.2 Å². The zero-order valence-corrected chi connectivity index (χ0v) is 21.3. The van der Waals surface area contributed by atoms with Gasteiger partial charge < -0.3 is 19.1 Å². The van der Waals surface area contributed by atoms with Gasteiger partial charge in [0.05, 0.1) is 14.2 Å². The highest BCUT2D eigenvalue weighted by molar-refractivity contribution is 5.89. The summed E-state index contributed by atoms with van der Waals surface area (Å²) >= 11 is 0. The number of hydrogen-bond acceptors (Lipinski definition) is 8. The summed E-state index contributed by atoms with van der Waals surface area (Å²) in [7, 11) is 3.87. The number of hydrogen-bond donors (Lipinski definition) is 0. The van der Waals surface area contributed by atoms with E-state index in [4.69, 9.17) is 19.0 Å². The average molecular weight is 503 g/mol. The molecule has 192 valence electrons. The molecule has 0 aromatic heterocycles. The Labute approximate surface area is 216 Å². The predicted octanol–water partition coefficient (Wildman–Crippen LogP) is 3.96. The second-order valence-corrected chi connectivity index (χ2v) is 9.27.